The summed E-state index contributed by atoms with van der Waals surface area (Å²) in [5.74, 6) is -0.236. The minimum atomic E-state index is -0.538. The van der Waals surface area contributed by atoms with Crippen LogP contribution in [0, 0.1) is 0 Å². The van der Waals surface area contributed by atoms with Crippen LogP contribution in [0.3, 0.4) is 0 Å². The predicted molar refractivity (Wildman–Crippen MR) is 71.9 cm³/mol. The summed E-state index contributed by atoms with van der Waals surface area (Å²) in [6, 6.07) is 10.2. The van der Waals surface area contributed by atoms with Crippen LogP contribution in [-0.4, -0.2) is 36.5 Å². The highest BCUT2D eigenvalue weighted by atomic mass is 16.1. The largest absolute Gasteiger partial charge is 0.368 e. The topological polar surface area (TPSA) is 58.4 Å². The number of hydrogen-bond donors (Lipinski definition) is 2. The van der Waals surface area contributed by atoms with Gasteiger partial charge >= 0.3 is 0 Å². The van der Waals surface area contributed by atoms with Gasteiger partial charge in [-0.15, -0.1) is 0 Å². The van der Waals surface area contributed by atoms with E-state index in [9.17, 15) is 4.79 Å². The maximum absolute atomic E-state index is 11.6. The van der Waals surface area contributed by atoms with Crippen molar-refractivity contribution in [3.63, 3.8) is 0 Å². The molecule has 0 spiro atoms. The molecular formula is C14H21N3O. The zero-order valence-electron chi connectivity index (χ0n) is 10.9. The van der Waals surface area contributed by atoms with Crippen molar-refractivity contribution in [3.05, 3.63) is 35.9 Å². The number of amides is 1. The van der Waals surface area contributed by atoms with Crippen LogP contribution < -0.4 is 11.1 Å². The van der Waals surface area contributed by atoms with Gasteiger partial charge in [-0.3, -0.25) is 9.69 Å². The second kappa shape index (κ2) is 5.50. The van der Waals surface area contributed by atoms with Crippen molar-refractivity contribution in [3.8, 4) is 0 Å². The number of rotatable bonds is 5. The minimum absolute atomic E-state index is 0.236. The van der Waals surface area contributed by atoms with Crippen LogP contribution in [0.5, 0.6) is 0 Å². The van der Waals surface area contributed by atoms with E-state index in [0.29, 0.717) is 6.54 Å². The van der Waals surface area contributed by atoms with Crippen molar-refractivity contribution in [2.24, 2.45) is 5.73 Å². The molecule has 1 aliphatic heterocycles. The standard InChI is InChI=1S/C14H21N3O/c1-17(10-12-6-3-2-4-7-12)11-14(13(15)18)8-5-9-16-14/h2-4,6-7,16H,5,8-11H2,1H3,(H2,15,18)/t14-/m0/s1. The lowest BCUT2D eigenvalue weighted by Gasteiger charge is -2.31. The minimum Gasteiger partial charge on any atom is -0.368 e. The third-order valence-corrected chi connectivity index (χ3v) is 3.55. The molecule has 1 fully saturated rings. The van der Waals surface area contributed by atoms with Crippen molar-refractivity contribution in [2.45, 2.75) is 24.9 Å². The average Bonchev–Trinajstić information content (AvgIpc) is 2.80. The number of hydrogen-bond acceptors (Lipinski definition) is 3. The van der Waals surface area contributed by atoms with E-state index in [1.165, 1.54) is 5.56 Å². The number of nitrogens with zero attached hydrogens (tertiary/aromatic N) is 1. The Bertz CT molecular complexity index is 399. The number of carbonyl (C=O) groups excluding carboxylic acids is 1. The summed E-state index contributed by atoms with van der Waals surface area (Å²) >= 11 is 0. The molecule has 1 amide bonds. The Labute approximate surface area is 108 Å². The van der Waals surface area contributed by atoms with Gasteiger partial charge in [0.1, 0.15) is 5.54 Å². The summed E-state index contributed by atoms with van der Waals surface area (Å²) in [5.41, 5.74) is 6.26. The average molecular weight is 247 g/mol. The molecule has 1 aliphatic rings. The van der Waals surface area contributed by atoms with Gasteiger partial charge in [0.15, 0.2) is 0 Å². The molecule has 0 aliphatic carbocycles. The number of likely N-dealkylation sites (N-methyl/N-ethyl adjacent to an activating group) is 1. The molecule has 98 valence electrons. The fourth-order valence-electron chi connectivity index (χ4n) is 2.64. The first-order chi connectivity index (χ1) is 8.62. The molecule has 3 N–H and O–H groups in total. The number of primary amides is 1. The zero-order valence-corrected chi connectivity index (χ0v) is 10.9. The van der Waals surface area contributed by atoms with Crippen LogP contribution in [0.4, 0.5) is 0 Å². The molecule has 1 atom stereocenters. The van der Waals surface area contributed by atoms with Crippen LogP contribution in [0.25, 0.3) is 0 Å². The normalized spacial score (nSPS) is 23.4. The van der Waals surface area contributed by atoms with Gasteiger partial charge in [-0.1, -0.05) is 30.3 Å². The van der Waals surface area contributed by atoms with Gasteiger partial charge in [-0.2, -0.15) is 0 Å². The molecule has 18 heavy (non-hydrogen) atoms. The van der Waals surface area contributed by atoms with Gasteiger partial charge in [0.25, 0.3) is 0 Å². The van der Waals surface area contributed by atoms with Crippen LogP contribution in [0.15, 0.2) is 30.3 Å². The van der Waals surface area contributed by atoms with E-state index < -0.39 is 5.54 Å². The highest BCUT2D eigenvalue weighted by Gasteiger charge is 2.39. The van der Waals surface area contributed by atoms with Gasteiger partial charge in [0, 0.05) is 13.1 Å². The van der Waals surface area contributed by atoms with E-state index >= 15 is 0 Å². The number of carbonyl (C=O) groups is 1. The maximum Gasteiger partial charge on any atom is 0.239 e. The molecule has 1 saturated heterocycles. The quantitative estimate of drug-likeness (QED) is 0.806. The lowest BCUT2D eigenvalue weighted by atomic mass is 9.96. The maximum atomic E-state index is 11.6. The van der Waals surface area contributed by atoms with Gasteiger partial charge in [-0.25, -0.2) is 0 Å². The molecule has 4 heteroatoms. The monoisotopic (exact) mass is 247 g/mol. The smallest absolute Gasteiger partial charge is 0.239 e. The SMILES string of the molecule is CN(Cc1ccccc1)C[C@]1(C(N)=O)CCCN1. The molecule has 1 aromatic carbocycles. The van der Waals surface area contributed by atoms with Gasteiger partial charge in [0.2, 0.25) is 5.91 Å². The predicted octanol–water partition coefficient (Wildman–Crippen LogP) is 0.726. The van der Waals surface area contributed by atoms with Gasteiger partial charge in [-0.05, 0) is 32.0 Å². The third-order valence-electron chi connectivity index (χ3n) is 3.55. The Hall–Kier alpha value is -1.39. The van der Waals surface area contributed by atoms with Crippen LogP contribution in [0.1, 0.15) is 18.4 Å². The fourth-order valence-corrected chi connectivity index (χ4v) is 2.64. The third kappa shape index (κ3) is 2.89. The summed E-state index contributed by atoms with van der Waals surface area (Å²) in [4.78, 5) is 13.8. The Balaban J connectivity index is 1.98. The van der Waals surface area contributed by atoms with Crippen LogP contribution in [0.2, 0.25) is 0 Å². The Morgan fingerprint density at radius 3 is 2.72 bits per heavy atom. The number of nitrogens with two attached hydrogens (primary N) is 1. The summed E-state index contributed by atoms with van der Waals surface area (Å²) in [6.45, 7) is 2.37. The van der Waals surface area contributed by atoms with E-state index in [4.69, 9.17) is 5.73 Å². The van der Waals surface area contributed by atoms with Gasteiger partial charge in [0.05, 0.1) is 0 Å². The molecule has 0 bridgehead atoms. The lowest BCUT2D eigenvalue weighted by Crippen LogP contribution is -2.57. The Morgan fingerprint density at radius 1 is 1.44 bits per heavy atom. The molecular weight excluding hydrogens is 226 g/mol. The van der Waals surface area contributed by atoms with E-state index in [2.05, 4.69) is 22.3 Å². The van der Waals surface area contributed by atoms with Crippen molar-refractivity contribution in [2.75, 3.05) is 20.1 Å². The molecule has 2 rings (SSSR count). The number of nitrogens with one attached hydrogen (secondary N) is 1. The first kappa shape index (κ1) is 13.1. The summed E-state index contributed by atoms with van der Waals surface area (Å²) < 4.78 is 0. The van der Waals surface area contributed by atoms with Crippen molar-refractivity contribution >= 4 is 5.91 Å². The summed E-state index contributed by atoms with van der Waals surface area (Å²) in [7, 11) is 2.03. The van der Waals surface area contributed by atoms with E-state index in [1.54, 1.807) is 0 Å². The molecule has 0 aromatic heterocycles. The molecule has 0 unspecified atom stereocenters. The van der Waals surface area contributed by atoms with E-state index in [1.807, 2.05) is 25.2 Å². The van der Waals surface area contributed by atoms with E-state index in [-0.39, 0.29) is 5.91 Å². The van der Waals surface area contributed by atoms with Crippen LogP contribution >= 0.6 is 0 Å². The fraction of sp³-hybridized carbons (Fsp3) is 0.500. The molecule has 0 saturated carbocycles. The van der Waals surface area contributed by atoms with Crippen LogP contribution in [-0.2, 0) is 11.3 Å². The van der Waals surface area contributed by atoms with Gasteiger partial charge < -0.3 is 11.1 Å². The summed E-state index contributed by atoms with van der Waals surface area (Å²) in [6.07, 6.45) is 1.85. The molecule has 1 aromatic rings. The molecule has 0 radical (unpaired) electrons. The van der Waals surface area contributed by atoms with E-state index in [0.717, 1.165) is 25.9 Å². The Morgan fingerprint density at radius 2 is 2.17 bits per heavy atom. The zero-order chi connectivity index (χ0) is 13.0. The highest BCUT2D eigenvalue weighted by molar-refractivity contribution is 5.85. The summed E-state index contributed by atoms with van der Waals surface area (Å²) in [5, 5.41) is 3.27. The second-order valence-corrected chi connectivity index (χ2v) is 5.13. The second-order valence-electron chi connectivity index (χ2n) is 5.13. The highest BCUT2D eigenvalue weighted by Crippen LogP contribution is 2.20. The molecule has 1 heterocycles. The first-order valence-corrected chi connectivity index (χ1v) is 6.40. The van der Waals surface area contributed by atoms with Crippen molar-refractivity contribution < 1.29 is 4.79 Å². The van der Waals surface area contributed by atoms with Crippen molar-refractivity contribution in [1.82, 2.24) is 10.2 Å². The Kier molecular flexibility index (Phi) is 3.99. The lowest BCUT2D eigenvalue weighted by molar-refractivity contribution is -0.124. The molecule has 4 nitrogen and oxygen atoms in total. The van der Waals surface area contributed by atoms with Crippen molar-refractivity contribution in [1.29, 1.82) is 0 Å². The number of benzene rings is 1. The first-order valence-electron chi connectivity index (χ1n) is 6.40.